The SMILES string of the molecule is COC(CNS(=O)(=O)c1ccccc1F)c1ccc(Cl)s1. The van der Waals surface area contributed by atoms with E-state index < -0.39 is 21.9 Å². The molecule has 0 bridgehead atoms. The molecule has 114 valence electrons. The maximum Gasteiger partial charge on any atom is 0.243 e. The Morgan fingerprint density at radius 2 is 2.05 bits per heavy atom. The minimum atomic E-state index is -3.93. The van der Waals surface area contributed by atoms with Crippen molar-refractivity contribution in [2.24, 2.45) is 0 Å². The Labute approximate surface area is 131 Å². The molecule has 0 saturated heterocycles. The summed E-state index contributed by atoms with van der Waals surface area (Å²) in [6, 6.07) is 8.67. The van der Waals surface area contributed by atoms with Crippen LogP contribution in [0.5, 0.6) is 0 Å². The molecule has 0 aliphatic heterocycles. The first-order valence-corrected chi connectivity index (χ1v) is 8.64. The number of hydrogen-bond donors (Lipinski definition) is 1. The zero-order valence-electron chi connectivity index (χ0n) is 11.0. The molecule has 0 spiro atoms. The van der Waals surface area contributed by atoms with Gasteiger partial charge in [0.2, 0.25) is 10.0 Å². The predicted octanol–water partition coefficient (Wildman–Crippen LogP) is 3.21. The summed E-state index contributed by atoms with van der Waals surface area (Å²) in [5.74, 6) is -0.793. The molecular weight excluding hydrogens is 337 g/mol. The van der Waals surface area contributed by atoms with Crippen LogP contribution in [-0.4, -0.2) is 22.1 Å². The molecule has 1 aromatic heterocycles. The van der Waals surface area contributed by atoms with Gasteiger partial charge in [0.25, 0.3) is 0 Å². The van der Waals surface area contributed by atoms with E-state index in [9.17, 15) is 12.8 Å². The molecule has 1 N–H and O–H groups in total. The number of methoxy groups -OCH3 is 1. The molecule has 2 rings (SSSR count). The molecule has 21 heavy (non-hydrogen) atoms. The molecule has 1 heterocycles. The van der Waals surface area contributed by atoms with Gasteiger partial charge in [0.05, 0.1) is 4.34 Å². The van der Waals surface area contributed by atoms with Gasteiger partial charge >= 0.3 is 0 Å². The highest BCUT2D eigenvalue weighted by Crippen LogP contribution is 2.28. The van der Waals surface area contributed by atoms with Crippen LogP contribution < -0.4 is 4.72 Å². The van der Waals surface area contributed by atoms with E-state index in [0.717, 1.165) is 10.9 Å². The molecule has 2 aromatic rings. The third-order valence-corrected chi connectivity index (χ3v) is 5.56. The van der Waals surface area contributed by atoms with Crippen molar-refractivity contribution >= 4 is 33.0 Å². The van der Waals surface area contributed by atoms with Crippen molar-refractivity contribution in [3.8, 4) is 0 Å². The van der Waals surface area contributed by atoms with Crippen LogP contribution in [0.3, 0.4) is 0 Å². The summed E-state index contributed by atoms with van der Waals surface area (Å²) in [7, 11) is -2.46. The van der Waals surface area contributed by atoms with Gasteiger partial charge in [0.15, 0.2) is 0 Å². The number of halogens is 2. The van der Waals surface area contributed by atoms with Crippen LogP contribution in [-0.2, 0) is 14.8 Å². The first kappa shape index (κ1) is 16.4. The molecule has 1 atom stereocenters. The lowest BCUT2D eigenvalue weighted by atomic mass is 10.3. The Morgan fingerprint density at radius 3 is 2.62 bits per heavy atom. The molecule has 0 fully saturated rings. The monoisotopic (exact) mass is 349 g/mol. The maximum atomic E-state index is 13.6. The maximum absolute atomic E-state index is 13.6. The molecule has 1 aromatic carbocycles. The number of rotatable bonds is 6. The average Bonchev–Trinajstić information content (AvgIpc) is 2.86. The van der Waals surface area contributed by atoms with Gasteiger partial charge in [-0.15, -0.1) is 11.3 Å². The summed E-state index contributed by atoms with van der Waals surface area (Å²) in [5, 5.41) is 0. The van der Waals surface area contributed by atoms with Gasteiger partial charge in [-0.25, -0.2) is 17.5 Å². The number of ether oxygens (including phenoxy) is 1. The average molecular weight is 350 g/mol. The van der Waals surface area contributed by atoms with Crippen molar-refractivity contribution in [2.75, 3.05) is 13.7 Å². The van der Waals surface area contributed by atoms with Gasteiger partial charge in [0, 0.05) is 18.5 Å². The first-order valence-electron chi connectivity index (χ1n) is 5.96. The predicted molar refractivity (Wildman–Crippen MR) is 80.7 cm³/mol. The lowest BCUT2D eigenvalue weighted by molar-refractivity contribution is 0.110. The van der Waals surface area contributed by atoms with Crippen molar-refractivity contribution in [1.29, 1.82) is 0 Å². The van der Waals surface area contributed by atoms with E-state index in [1.807, 2.05) is 0 Å². The fourth-order valence-electron chi connectivity index (χ4n) is 1.73. The van der Waals surface area contributed by atoms with Crippen LogP contribution in [0.15, 0.2) is 41.3 Å². The summed E-state index contributed by atoms with van der Waals surface area (Å²) in [5.41, 5.74) is 0. The number of sulfonamides is 1. The Kier molecular flexibility index (Phi) is 5.34. The van der Waals surface area contributed by atoms with Gasteiger partial charge in [-0.1, -0.05) is 23.7 Å². The highest BCUT2D eigenvalue weighted by Gasteiger charge is 2.21. The fraction of sp³-hybridized carbons (Fsp3) is 0.231. The molecule has 1 unspecified atom stereocenters. The smallest absolute Gasteiger partial charge is 0.243 e. The molecule has 8 heteroatoms. The third-order valence-electron chi connectivity index (χ3n) is 2.78. The van der Waals surface area contributed by atoms with E-state index in [4.69, 9.17) is 16.3 Å². The van der Waals surface area contributed by atoms with Crippen molar-refractivity contribution < 1.29 is 17.5 Å². The van der Waals surface area contributed by atoms with E-state index >= 15 is 0 Å². The van der Waals surface area contributed by atoms with E-state index in [1.165, 1.54) is 36.6 Å². The number of thiophene rings is 1. The minimum Gasteiger partial charge on any atom is -0.375 e. The second kappa shape index (κ2) is 6.85. The lowest BCUT2D eigenvalue weighted by Gasteiger charge is -2.15. The van der Waals surface area contributed by atoms with Crippen LogP contribution in [0.2, 0.25) is 4.34 Å². The van der Waals surface area contributed by atoms with Gasteiger partial charge in [-0.2, -0.15) is 0 Å². The minimum absolute atomic E-state index is 0.00991. The molecule has 0 radical (unpaired) electrons. The number of nitrogens with one attached hydrogen (secondary N) is 1. The van der Waals surface area contributed by atoms with E-state index in [2.05, 4.69) is 4.72 Å². The van der Waals surface area contributed by atoms with Gasteiger partial charge in [-0.3, -0.25) is 0 Å². The van der Waals surface area contributed by atoms with E-state index in [0.29, 0.717) is 4.34 Å². The lowest BCUT2D eigenvalue weighted by Crippen LogP contribution is -2.29. The molecule has 0 aliphatic carbocycles. The van der Waals surface area contributed by atoms with Crippen LogP contribution in [0.1, 0.15) is 11.0 Å². The zero-order valence-corrected chi connectivity index (χ0v) is 13.4. The topological polar surface area (TPSA) is 55.4 Å². The van der Waals surface area contributed by atoms with Crippen LogP contribution >= 0.6 is 22.9 Å². The first-order chi connectivity index (χ1) is 9.94. The Bertz CT molecular complexity index is 718. The highest BCUT2D eigenvalue weighted by molar-refractivity contribution is 7.89. The normalized spacial score (nSPS) is 13.3. The van der Waals surface area contributed by atoms with E-state index in [1.54, 1.807) is 12.1 Å². The summed E-state index contributed by atoms with van der Waals surface area (Å²) < 4.78 is 45.9. The second-order valence-corrected chi connectivity index (χ2v) is 7.63. The Balaban J connectivity index is 2.12. The quantitative estimate of drug-likeness (QED) is 0.871. The van der Waals surface area contributed by atoms with Crippen LogP contribution in [0.25, 0.3) is 0 Å². The summed E-state index contributed by atoms with van der Waals surface area (Å²) in [6.45, 7) is -0.00991. The number of hydrogen-bond acceptors (Lipinski definition) is 4. The summed E-state index contributed by atoms with van der Waals surface area (Å²) >= 11 is 7.14. The molecule has 0 saturated carbocycles. The van der Waals surface area contributed by atoms with E-state index in [-0.39, 0.29) is 11.4 Å². The van der Waals surface area contributed by atoms with Crippen molar-refractivity contribution in [1.82, 2.24) is 4.72 Å². The summed E-state index contributed by atoms with van der Waals surface area (Å²) in [4.78, 5) is 0.405. The Hall–Kier alpha value is -0.990. The third kappa shape index (κ3) is 4.02. The molecular formula is C13H13ClFNO3S2. The second-order valence-electron chi connectivity index (χ2n) is 4.15. The van der Waals surface area contributed by atoms with Gasteiger partial charge in [0.1, 0.15) is 16.8 Å². The number of benzene rings is 1. The van der Waals surface area contributed by atoms with Gasteiger partial charge < -0.3 is 4.74 Å². The van der Waals surface area contributed by atoms with Crippen molar-refractivity contribution in [3.63, 3.8) is 0 Å². The molecule has 0 aliphatic rings. The van der Waals surface area contributed by atoms with Gasteiger partial charge in [-0.05, 0) is 24.3 Å². The zero-order chi connectivity index (χ0) is 15.5. The van der Waals surface area contributed by atoms with Crippen molar-refractivity contribution in [2.45, 2.75) is 11.0 Å². The largest absolute Gasteiger partial charge is 0.375 e. The Morgan fingerprint density at radius 1 is 1.33 bits per heavy atom. The standard InChI is InChI=1S/C13H13ClFNO3S2/c1-19-10(11-6-7-13(14)20-11)8-16-21(17,18)12-5-3-2-4-9(12)15/h2-7,10,16H,8H2,1H3. The molecule has 0 amide bonds. The van der Waals surface area contributed by atoms with Crippen LogP contribution in [0.4, 0.5) is 4.39 Å². The van der Waals surface area contributed by atoms with Crippen LogP contribution in [0, 0.1) is 5.82 Å². The molecule has 4 nitrogen and oxygen atoms in total. The highest BCUT2D eigenvalue weighted by atomic mass is 35.5. The summed E-state index contributed by atoms with van der Waals surface area (Å²) in [6.07, 6.45) is -0.482. The fourth-order valence-corrected chi connectivity index (χ4v) is 3.97. The van der Waals surface area contributed by atoms with Crippen molar-refractivity contribution in [3.05, 3.63) is 51.4 Å².